The zero-order chi connectivity index (χ0) is 25.5. The van der Waals surface area contributed by atoms with E-state index in [1.54, 1.807) is 20.8 Å². The number of esters is 1. The third-order valence-electron chi connectivity index (χ3n) is 4.67. The number of benzene rings is 2. The third kappa shape index (κ3) is 7.29. The molecule has 0 bridgehead atoms. The predicted molar refractivity (Wildman–Crippen MR) is 123 cm³/mol. The average Bonchev–Trinajstić information content (AvgIpc) is 2.74. The molecule has 0 saturated heterocycles. The van der Waals surface area contributed by atoms with Crippen molar-refractivity contribution in [3.8, 4) is 23.0 Å². The first kappa shape index (κ1) is 26.3. The summed E-state index contributed by atoms with van der Waals surface area (Å²) in [6, 6.07) is 8.03. The summed E-state index contributed by atoms with van der Waals surface area (Å²) >= 11 is 0. The van der Waals surface area contributed by atoms with Crippen molar-refractivity contribution in [2.24, 2.45) is 0 Å². The van der Waals surface area contributed by atoms with E-state index in [0.717, 1.165) is 0 Å². The number of nitrogens with one attached hydrogen (secondary N) is 1. The summed E-state index contributed by atoms with van der Waals surface area (Å²) < 4.78 is 5.29. The Hall–Kier alpha value is -3.95. The van der Waals surface area contributed by atoms with Gasteiger partial charge in [0.05, 0.1) is 11.1 Å². The van der Waals surface area contributed by atoms with Gasteiger partial charge in [-0.05, 0) is 57.9 Å². The zero-order valence-corrected chi connectivity index (χ0v) is 19.4. The molecule has 2 aromatic rings. The van der Waals surface area contributed by atoms with Crippen LogP contribution in [0.2, 0.25) is 0 Å². The van der Waals surface area contributed by atoms with Gasteiger partial charge in [0.15, 0.2) is 23.0 Å². The standard InChI is InChI=1S/C24H30N2O8/c1-24(2,3)34-19(29)14-26(23(33)16-9-7-11-18(28)21(16)31)13-5-4-12-25-22(32)15-8-6-10-17(27)20(15)30/h6-11,27-28,30-31H,4-5,12-14H2,1-3H3,(H,25,32). The first-order chi connectivity index (χ1) is 15.9. The van der Waals surface area contributed by atoms with Crippen molar-refractivity contribution in [3.63, 3.8) is 0 Å². The van der Waals surface area contributed by atoms with Crippen LogP contribution in [0.3, 0.4) is 0 Å². The largest absolute Gasteiger partial charge is 0.504 e. The van der Waals surface area contributed by atoms with Gasteiger partial charge < -0.3 is 35.4 Å². The van der Waals surface area contributed by atoms with Crippen LogP contribution in [0.25, 0.3) is 0 Å². The minimum atomic E-state index is -0.749. The lowest BCUT2D eigenvalue weighted by atomic mass is 10.1. The van der Waals surface area contributed by atoms with Gasteiger partial charge in [-0.25, -0.2) is 0 Å². The molecule has 0 aliphatic rings. The molecule has 184 valence electrons. The van der Waals surface area contributed by atoms with Crippen molar-refractivity contribution in [1.29, 1.82) is 0 Å². The van der Waals surface area contributed by atoms with Gasteiger partial charge in [-0.3, -0.25) is 14.4 Å². The fourth-order valence-corrected chi connectivity index (χ4v) is 3.10. The Balaban J connectivity index is 2.00. The lowest BCUT2D eigenvalue weighted by Gasteiger charge is -2.25. The molecule has 0 aliphatic heterocycles. The molecule has 0 fully saturated rings. The molecule has 0 unspecified atom stereocenters. The fraction of sp³-hybridized carbons (Fsp3) is 0.375. The minimum absolute atomic E-state index is 0.0684. The van der Waals surface area contributed by atoms with Gasteiger partial charge in [0.1, 0.15) is 12.1 Å². The fourth-order valence-electron chi connectivity index (χ4n) is 3.10. The van der Waals surface area contributed by atoms with Crippen molar-refractivity contribution < 1.29 is 39.5 Å². The van der Waals surface area contributed by atoms with Gasteiger partial charge in [0.2, 0.25) is 0 Å². The van der Waals surface area contributed by atoms with Crippen LogP contribution in [0.15, 0.2) is 36.4 Å². The van der Waals surface area contributed by atoms with Crippen LogP contribution in [-0.4, -0.2) is 68.3 Å². The molecule has 0 saturated carbocycles. The number of phenols is 4. The maximum absolute atomic E-state index is 13.0. The Kier molecular flexibility index (Phi) is 8.71. The number of para-hydroxylation sites is 2. The Morgan fingerprint density at radius 3 is 2.03 bits per heavy atom. The maximum atomic E-state index is 13.0. The molecule has 0 atom stereocenters. The van der Waals surface area contributed by atoms with Crippen LogP contribution in [-0.2, 0) is 9.53 Å². The third-order valence-corrected chi connectivity index (χ3v) is 4.67. The minimum Gasteiger partial charge on any atom is -0.504 e. The summed E-state index contributed by atoms with van der Waals surface area (Å²) in [6.45, 7) is 5.05. The molecule has 0 spiro atoms. The highest BCUT2D eigenvalue weighted by Crippen LogP contribution is 2.29. The Labute approximate surface area is 197 Å². The van der Waals surface area contributed by atoms with Gasteiger partial charge in [-0.2, -0.15) is 0 Å². The van der Waals surface area contributed by atoms with E-state index in [2.05, 4.69) is 5.32 Å². The zero-order valence-electron chi connectivity index (χ0n) is 19.4. The highest BCUT2D eigenvalue weighted by Gasteiger charge is 2.25. The molecule has 10 heteroatoms. The first-order valence-corrected chi connectivity index (χ1v) is 10.7. The number of rotatable bonds is 9. The average molecular weight is 475 g/mol. The van der Waals surface area contributed by atoms with Crippen molar-refractivity contribution >= 4 is 17.8 Å². The quantitative estimate of drug-likeness (QED) is 0.211. The lowest BCUT2D eigenvalue weighted by molar-refractivity contribution is -0.155. The van der Waals surface area contributed by atoms with E-state index in [4.69, 9.17) is 4.74 Å². The summed E-state index contributed by atoms with van der Waals surface area (Å²) in [5.41, 5.74) is -0.974. The number of phenolic OH excluding ortho intramolecular Hbond substituents is 4. The Morgan fingerprint density at radius 2 is 1.44 bits per heavy atom. The molecular formula is C24H30N2O8. The van der Waals surface area contributed by atoms with E-state index >= 15 is 0 Å². The van der Waals surface area contributed by atoms with Crippen LogP contribution >= 0.6 is 0 Å². The normalized spacial score (nSPS) is 11.0. The molecule has 0 aliphatic carbocycles. The SMILES string of the molecule is CC(C)(C)OC(=O)CN(CCCCNC(=O)c1cccc(O)c1O)C(=O)c1cccc(O)c1O. The molecule has 2 aromatic carbocycles. The topological polar surface area (TPSA) is 157 Å². The number of aromatic hydroxyl groups is 4. The van der Waals surface area contributed by atoms with E-state index in [9.17, 15) is 34.8 Å². The van der Waals surface area contributed by atoms with Gasteiger partial charge in [-0.15, -0.1) is 0 Å². The molecule has 0 aromatic heterocycles. The Morgan fingerprint density at radius 1 is 0.882 bits per heavy atom. The van der Waals surface area contributed by atoms with Crippen LogP contribution in [0, 0.1) is 0 Å². The van der Waals surface area contributed by atoms with Crippen LogP contribution in [0.4, 0.5) is 0 Å². The van der Waals surface area contributed by atoms with Crippen molar-refractivity contribution in [3.05, 3.63) is 47.5 Å². The number of carbonyl (C=O) groups is 3. The van der Waals surface area contributed by atoms with Crippen molar-refractivity contribution in [2.75, 3.05) is 19.6 Å². The molecule has 2 amide bonds. The molecule has 0 radical (unpaired) electrons. The second-order valence-electron chi connectivity index (χ2n) is 8.62. The van der Waals surface area contributed by atoms with Gasteiger partial charge in [0.25, 0.3) is 11.8 Å². The smallest absolute Gasteiger partial charge is 0.326 e. The van der Waals surface area contributed by atoms with E-state index in [-0.39, 0.29) is 30.8 Å². The number of nitrogens with zero attached hydrogens (tertiary/aromatic N) is 1. The number of ether oxygens (including phenoxy) is 1. The molecule has 34 heavy (non-hydrogen) atoms. The van der Waals surface area contributed by atoms with E-state index in [1.165, 1.54) is 41.3 Å². The van der Waals surface area contributed by atoms with E-state index in [0.29, 0.717) is 12.8 Å². The van der Waals surface area contributed by atoms with Gasteiger partial charge in [-0.1, -0.05) is 12.1 Å². The maximum Gasteiger partial charge on any atom is 0.326 e. The highest BCUT2D eigenvalue weighted by atomic mass is 16.6. The lowest BCUT2D eigenvalue weighted by Crippen LogP contribution is -2.39. The number of amides is 2. The van der Waals surface area contributed by atoms with Gasteiger partial charge >= 0.3 is 5.97 Å². The number of carbonyl (C=O) groups excluding carboxylic acids is 3. The number of hydrogen-bond acceptors (Lipinski definition) is 8. The second-order valence-corrected chi connectivity index (χ2v) is 8.62. The van der Waals surface area contributed by atoms with E-state index < -0.39 is 46.4 Å². The predicted octanol–water partition coefficient (Wildman–Crippen LogP) is 2.50. The highest BCUT2D eigenvalue weighted by molar-refractivity contribution is 5.99. The molecule has 2 rings (SSSR count). The summed E-state index contributed by atoms with van der Waals surface area (Å²) in [7, 11) is 0. The first-order valence-electron chi connectivity index (χ1n) is 10.7. The van der Waals surface area contributed by atoms with Crippen LogP contribution < -0.4 is 5.32 Å². The van der Waals surface area contributed by atoms with Crippen molar-refractivity contribution in [2.45, 2.75) is 39.2 Å². The van der Waals surface area contributed by atoms with Crippen LogP contribution in [0.1, 0.15) is 54.3 Å². The van der Waals surface area contributed by atoms with Crippen molar-refractivity contribution in [1.82, 2.24) is 10.2 Å². The van der Waals surface area contributed by atoms with E-state index in [1.807, 2.05) is 0 Å². The molecule has 5 N–H and O–H groups in total. The molecule has 0 heterocycles. The Bertz CT molecular complexity index is 1050. The second kappa shape index (κ2) is 11.3. The number of unbranched alkanes of at least 4 members (excludes halogenated alkanes) is 1. The summed E-state index contributed by atoms with van der Waals surface area (Å²) in [5.74, 6) is -3.82. The molecule has 10 nitrogen and oxygen atoms in total. The summed E-state index contributed by atoms with van der Waals surface area (Å²) in [4.78, 5) is 38.7. The van der Waals surface area contributed by atoms with Crippen LogP contribution in [0.5, 0.6) is 23.0 Å². The molecular weight excluding hydrogens is 444 g/mol. The summed E-state index contributed by atoms with van der Waals surface area (Å²) in [6.07, 6.45) is 0.815. The monoisotopic (exact) mass is 474 g/mol. The number of hydrogen-bond donors (Lipinski definition) is 5. The summed E-state index contributed by atoms with van der Waals surface area (Å²) in [5, 5.41) is 41.7. The van der Waals surface area contributed by atoms with Gasteiger partial charge in [0, 0.05) is 13.1 Å².